The van der Waals surface area contributed by atoms with Crippen LogP contribution in [0.5, 0.6) is 5.75 Å². The number of benzene rings is 1. The molecule has 2 aromatic rings. The summed E-state index contributed by atoms with van der Waals surface area (Å²) < 4.78 is 7.61. The number of ether oxygens (including phenoxy) is 1. The topological polar surface area (TPSA) is 26.2 Å². The molecule has 1 aromatic heterocycles. The van der Waals surface area contributed by atoms with E-state index in [2.05, 4.69) is 34.3 Å². The van der Waals surface area contributed by atoms with Gasteiger partial charge in [0.1, 0.15) is 5.75 Å². The summed E-state index contributed by atoms with van der Waals surface area (Å²) in [6, 6.07) is 9.19. The minimum atomic E-state index is 0.731. The summed E-state index contributed by atoms with van der Waals surface area (Å²) in [5.41, 5.74) is 1.29. The second-order valence-corrected chi connectivity index (χ2v) is 6.08. The van der Waals surface area contributed by atoms with Crippen LogP contribution in [0.1, 0.15) is 38.5 Å². The van der Waals surface area contributed by atoms with Crippen molar-refractivity contribution in [2.45, 2.75) is 51.1 Å². The summed E-state index contributed by atoms with van der Waals surface area (Å²) in [4.78, 5) is 0. The molecule has 21 heavy (non-hydrogen) atoms. The third-order valence-corrected chi connectivity index (χ3v) is 4.62. The highest BCUT2D eigenvalue weighted by atomic mass is 16.5. The lowest BCUT2D eigenvalue weighted by Crippen LogP contribution is -2.31. The molecule has 3 nitrogen and oxygen atoms in total. The highest BCUT2D eigenvalue weighted by molar-refractivity contribution is 5.81. The molecule has 0 bridgehead atoms. The van der Waals surface area contributed by atoms with E-state index in [1.807, 2.05) is 6.07 Å². The first kappa shape index (κ1) is 14.5. The maximum atomic E-state index is 5.28. The Bertz CT molecular complexity index is 568. The summed E-state index contributed by atoms with van der Waals surface area (Å²) in [6.07, 6.45) is 10.5. The number of nitrogens with zero attached hydrogens (tertiary/aromatic N) is 1. The van der Waals surface area contributed by atoms with Crippen LogP contribution in [-0.4, -0.2) is 24.3 Å². The van der Waals surface area contributed by atoms with Crippen molar-refractivity contribution in [2.24, 2.45) is 0 Å². The average molecular weight is 286 g/mol. The number of methoxy groups -OCH3 is 1. The quantitative estimate of drug-likeness (QED) is 0.842. The van der Waals surface area contributed by atoms with E-state index >= 15 is 0 Å². The molecule has 0 amide bonds. The molecule has 0 unspecified atom stereocenters. The van der Waals surface area contributed by atoms with E-state index in [0.29, 0.717) is 0 Å². The van der Waals surface area contributed by atoms with Gasteiger partial charge in [0.05, 0.1) is 7.11 Å². The molecule has 0 spiro atoms. The van der Waals surface area contributed by atoms with Gasteiger partial charge in [0.15, 0.2) is 0 Å². The van der Waals surface area contributed by atoms with Crippen molar-refractivity contribution in [2.75, 3.05) is 13.7 Å². The molecule has 1 aliphatic carbocycles. The first-order chi connectivity index (χ1) is 10.4. The van der Waals surface area contributed by atoms with Gasteiger partial charge in [-0.1, -0.05) is 25.7 Å². The van der Waals surface area contributed by atoms with Crippen LogP contribution < -0.4 is 10.1 Å². The van der Waals surface area contributed by atoms with Gasteiger partial charge in [-0.15, -0.1) is 0 Å². The number of fused-ring (bicyclic) bond motifs is 1. The smallest absolute Gasteiger partial charge is 0.119 e. The summed E-state index contributed by atoms with van der Waals surface area (Å²) in [6.45, 7) is 2.09. The van der Waals surface area contributed by atoms with Gasteiger partial charge in [0, 0.05) is 36.2 Å². The number of hydrogen-bond donors (Lipinski definition) is 1. The van der Waals surface area contributed by atoms with Crippen LogP contribution in [0.25, 0.3) is 10.9 Å². The van der Waals surface area contributed by atoms with Gasteiger partial charge in [-0.2, -0.15) is 0 Å². The number of nitrogens with one attached hydrogen (secondary N) is 1. The fourth-order valence-electron chi connectivity index (χ4n) is 3.37. The highest BCUT2D eigenvalue weighted by Crippen LogP contribution is 2.22. The minimum absolute atomic E-state index is 0.731. The average Bonchev–Trinajstić information content (AvgIpc) is 2.73. The van der Waals surface area contributed by atoms with E-state index < -0.39 is 0 Å². The molecule has 0 radical (unpaired) electrons. The molecule has 1 heterocycles. The van der Waals surface area contributed by atoms with Crippen molar-refractivity contribution < 1.29 is 4.74 Å². The molecule has 3 rings (SSSR count). The van der Waals surface area contributed by atoms with Crippen LogP contribution >= 0.6 is 0 Å². The molecular formula is C18H26N2O. The van der Waals surface area contributed by atoms with E-state index in [0.717, 1.165) is 24.9 Å². The molecular weight excluding hydrogens is 260 g/mol. The predicted molar refractivity (Wildman–Crippen MR) is 88.0 cm³/mol. The number of aromatic nitrogens is 1. The normalized spacial score (nSPS) is 17.0. The second-order valence-electron chi connectivity index (χ2n) is 6.08. The molecule has 1 aromatic carbocycles. The van der Waals surface area contributed by atoms with Crippen molar-refractivity contribution in [3.05, 3.63) is 30.5 Å². The summed E-state index contributed by atoms with van der Waals surface area (Å²) in [5.74, 6) is 0.928. The molecule has 114 valence electrons. The standard InChI is InChI=1S/C18H26N2O/c1-21-17-8-9-18-15(14-17)10-12-20(18)13-11-19-16-6-4-2-3-5-7-16/h8-10,12,14,16,19H,2-7,11,13H2,1H3. The maximum Gasteiger partial charge on any atom is 0.119 e. The van der Waals surface area contributed by atoms with Crippen LogP contribution in [-0.2, 0) is 6.54 Å². The molecule has 1 N–H and O–H groups in total. The molecule has 0 atom stereocenters. The largest absolute Gasteiger partial charge is 0.497 e. The van der Waals surface area contributed by atoms with Crippen molar-refractivity contribution in [3.63, 3.8) is 0 Å². The number of rotatable bonds is 5. The molecule has 1 saturated carbocycles. The summed E-state index contributed by atoms with van der Waals surface area (Å²) >= 11 is 0. The lowest BCUT2D eigenvalue weighted by Gasteiger charge is -2.16. The first-order valence-corrected chi connectivity index (χ1v) is 8.23. The van der Waals surface area contributed by atoms with Gasteiger partial charge < -0.3 is 14.6 Å². The Balaban J connectivity index is 1.57. The Morgan fingerprint density at radius 1 is 1.14 bits per heavy atom. The fraction of sp³-hybridized carbons (Fsp3) is 0.556. The third-order valence-electron chi connectivity index (χ3n) is 4.62. The SMILES string of the molecule is COc1ccc2c(ccn2CCNC2CCCCCC2)c1. The van der Waals surface area contributed by atoms with Crippen molar-refractivity contribution in [1.82, 2.24) is 9.88 Å². The Morgan fingerprint density at radius 3 is 2.71 bits per heavy atom. The Kier molecular flexibility index (Phi) is 4.81. The van der Waals surface area contributed by atoms with E-state index in [4.69, 9.17) is 4.74 Å². The molecule has 1 fully saturated rings. The van der Waals surface area contributed by atoms with Gasteiger partial charge in [0.25, 0.3) is 0 Å². The van der Waals surface area contributed by atoms with Crippen molar-refractivity contribution in [3.8, 4) is 5.75 Å². The monoisotopic (exact) mass is 286 g/mol. The zero-order chi connectivity index (χ0) is 14.5. The van der Waals surface area contributed by atoms with E-state index in [1.54, 1.807) is 7.11 Å². The van der Waals surface area contributed by atoms with Crippen molar-refractivity contribution >= 4 is 10.9 Å². The Hall–Kier alpha value is -1.48. The third kappa shape index (κ3) is 3.59. The molecule has 0 aliphatic heterocycles. The van der Waals surface area contributed by atoms with Crippen LogP contribution in [0.2, 0.25) is 0 Å². The van der Waals surface area contributed by atoms with Crippen LogP contribution in [0, 0.1) is 0 Å². The van der Waals surface area contributed by atoms with E-state index in [1.165, 1.54) is 49.4 Å². The lowest BCUT2D eigenvalue weighted by molar-refractivity contribution is 0.415. The van der Waals surface area contributed by atoms with E-state index in [9.17, 15) is 0 Å². The van der Waals surface area contributed by atoms with E-state index in [-0.39, 0.29) is 0 Å². The molecule has 3 heteroatoms. The summed E-state index contributed by atoms with van der Waals surface area (Å²) in [7, 11) is 1.72. The fourth-order valence-corrected chi connectivity index (χ4v) is 3.37. The lowest BCUT2D eigenvalue weighted by atomic mass is 10.1. The van der Waals surface area contributed by atoms with Gasteiger partial charge in [-0.3, -0.25) is 0 Å². The Morgan fingerprint density at radius 2 is 1.95 bits per heavy atom. The van der Waals surface area contributed by atoms with Crippen LogP contribution in [0.15, 0.2) is 30.5 Å². The maximum absolute atomic E-state index is 5.28. The van der Waals surface area contributed by atoms with Crippen LogP contribution in [0.4, 0.5) is 0 Å². The van der Waals surface area contributed by atoms with Gasteiger partial charge in [-0.05, 0) is 37.1 Å². The Labute approximate surface area is 127 Å². The molecule has 1 aliphatic rings. The second kappa shape index (κ2) is 6.99. The van der Waals surface area contributed by atoms with Gasteiger partial charge >= 0.3 is 0 Å². The minimum Gasteiger partial charge on any atom is -0.497 e. The zero-order valence-corrected chi connectivity index (χ0v) is 13.0. The van der Waals surface area contributed by atoms with Gasteiger partial charge in [-0.25, -0.2) is 0 Å². The first-order valence-electron chi connectivity index (χ1n) is 8.23. The molecule has 0 saturated heterocycles. The van der Waals surface area contributed by atoms with Crippen LogP contribution in [0.3, 0.4) is 0 Å². The summed E-state index contributed by atoms with van der Waals surface area (Å²) in [5, 5.41) is 5.00. The number of hydrogen-bond acceptors (Lipinski definition) is 2. The predicted octanol–water partition coefficient (Wildman–Crippen LogP) is 3.96. The zero-order valence-electron chi connectivity index (χ0n) is 13.0. The van der Waals surface area contributed by atoms with Crippen molar-refractivity contribution in [1.29, 1.82) is 0 Å². The van der Waals surface area contributed by atoms with Gasteiger partial charge in [0.2, 0.25) is 0 Å². The highest BCUT2D eigenvalue weighted by Gasteiger charge is 2.11.